The molecule has 1 heterocycles. The number of esters is 1. The third-order valence-electron chi connectivity index (χ3n) is 3.88. The van der Waals surface area contributed by atoms with E-state index in [2.05, 4.69) is 19.1 Å². The Morgan fingerprint density at radius 2 is 2.14 bits per heavy atom. The molecule has 1 unspecified atom stereocenters. The molecule has 0 amide bonds. The van der Waals surface area contributed by atoms with E-state index in [9.17, 15) is 4.79 Å². The van der Waals surface area contributed by atoms with E-state index in [1.54, 1.807) is 0 Å². The fourth-order valence-electron chi connectivity index (χ4n) is 2.55. The summed E-state index contributed by atoms with van der Waals surface area (Å²) in [5.74, 6) is -0.465. The molecule has 0 spiro atoms. The highest BCUT2D eigenvalue weighted by molar-refractivity contribution is 6.56. The van der Waals surface area contributed by atoms with Gasteiger partial charge < -0.3 is 4.74 Å². The Bertz CT molecular complexity index is 632. The third kappa shape index (κ3) is 3.78. The van der Waals surface area contributed by atoms with Crippen molar-refractivity contribution < 1.29 is 14.1 Å². The SMILES string of the molecule is CCOC(=O)C([B-]c1n(C)cc[n+]1C)Cc1ccccc1C. The maximum Gasteiger partial charge on any atom is 0.268 e. The highest BCUT2D eigenvalue weighted by atomic mass is 16.5. The number of hydrogen-bond acceptors (Lipinski definition) is 2. The molecular weight excluding hydrogens is 275 g/mol. The van der Waals surface area contributed by atoms with Crippen molar-refractivity contribution in [2.75, 3.05) is 6.61 Å². The van der Waals surface area contributed by atoms with Crippen LogP contribution in [-0.4, -0.2) is 24.4 Å². The molecule has 0 aliphatic rings. The van der Waals surface area contributed by atoms with Gasteiger partial charge in [0.1, 0.15) is 12.4 Å². The molecule has 4 nitrogen and oxygen atoms in total. The lowest BCUT2D eigenvalue weighted by atomic mass is 9.61. The summed E-state index contributed by atoms with van der Waals surface area (Å²) in [6.07, 6.45) is 4.60. The largest absolute Gasteiger partial charge is 0.468 e. The second-order valence-corrected chi connectivity index (χ2v) is 5.53. The molecule has 0 fully saturated rings. The highest BCUT2D eigenvalue weighted by Crippen LogP contribution is 2.18. The molecule has 5 heteroatoms. The summed E-state index contributed by atoms with van der Waals surface area (Å²) in [6, 6.07) is 8.16. The van der Waals surface area contributed by atoms with Gasteiger partial charge in [-0.25, -0.2) is 0 Å². The number of nitrogens with zero attached hydrogens (tertiary/aromatic N) is 2. The van der Waals surface area contributed by atoms with Gasteiger partial charge in [-0.2, -0.15) is 7.28 Å². The number of ether oxygens (including phenoxy) is 1. The van der Waals surface area contributed by atoms with Crippen molar-refractivity contribution >= 4 is 19.0 Å². The first-order valence-electron chi connectivity index (χ1n) is 7.60. The van der Waals surface area contributed by atoms with Gasteiger partial charge in [-0.1, -0.05) is 30.7 Å². The molecular formula is C17H23BN2O2. The van der Waals surface area contributed by atoms with E-state index in [0.717, 1.165) is 5.72 Å². The van der Waals surface area contributed by atoms with E-state index in [4.69, 9.17) is 4.74 Å². The van der Waals surface area contributed by atoms with Gasteiger partial charge in [-0.15, -0.1) is 5.82 Å². The first kappa shape index (κ1) is 16.3. The Morgan fingerprint density at radius 3 is 2.73 bits per heavy atom. The van der Waals surface area contributed by atoms with Crippen molar-refractivity contribution in [3.8, 4) is 0 Å². The van der Waals surface area contributed by atoms with Crippen molar-refractivity contribution in [1.29, 1.82) is 0 Å². The summed E-state index contributed by atoms with van der Waals surface area (Å²) >= 11 is 0. The van der Waals surface area contributed by atoms with Crippen LogP contribution < -0.4 is 10.3 Å². The second-order valence-electron chi connectivity index (χ2n) is 5.53. The summed E-state index contributed by atoms with van der Waals surface area (Å²) in [6.45, 7) is 4.31. The maximum absolute atomic E-state index is 12.3. The first-order valence-corrected chi connectivity index (χ1v) is 7.60. The molecule has 116 valence electrons. The van der Waals surface area contributed by atoms with Crippen LogP contribution in [0.25, 0.3) is 0 Å². The molecule has 0 N–H and O–H groups in total. The van der Waals surface area contributed by atoms with E-state index in [1.165, 1.54) is 11.1 Å². The predicted molar refractivity (Wildman–Crippen MR) is 87.2 cm³/mol. The van der Waals surface area contributed by atoms with Gasteiger partial charge in [-0.05, 0) is 25.0 Å². The molecule has 2 rings (SSSR count). The second kappa shape index (κ2) is 7.30. The molecule has 0 saturated heterocycles. The average molecular weight is 298 g/mol. The molecule has 0 bridgehead atoms. The molecule has 22 heavy (non-hydrogen) atoms. The minimum Gasteiger partial charge on any atom is -0.468 e. The Hall–Kier alpha value is -2.04. The van der Waals surface area contributed by atoms with Crippen LogP contribution in [0.15, 0.2) is 36.7 Å². The Labute approximate surface area is 133 Å². The van der Waals surface area contributed by atoms with Crippen molar-refractivity contribution in [1.82, 2.24) is 4.57 Å². The van der Waals surface area contributed by atoms with Crippen molar-refractivity contribution in [2.45, 2.75) is 26.1 Å². The number of carbonyl (C=O) groups is 1. The van der Waals surface area contributed by atoms with Gasteiger partial charge in [0.25, 0.3) is 5.97 Å². The predicted octanol–water partition coefficient (Wildman–Crippen LogP) is 1.08. The third-order valence-corrected chi connectivity index (χ3v) is 3.88. The summed E-state index contributed by atoms with van der Waals surface area (Å²) in [5.41, 5.74) is 3.36. The number of hydrogen-bond donors (Lipinski definition) is 0. The highest BCUT2D eigenvalue weighted by Gasteiger charge is 2.15. The number of benzene rings is 1. The van der Waals surface area contributed by atoms with Gasteiger partial charge in [0.2, 0.25) is 0 Å². The Kier molecular flexibility index (Phi) is 5.42. The van der Waals surface area contributed by atoms with Crippen molar-refractivity contribution in [3.05, 3.63) is 47.8 Å². The van der Waals surface area contributed by atoms with Crippen LogP contribution in [0.4, 0.5) is 0 Å². The number of aromatic nitrogens is 2. The number of rotatable bonds is 6. The summed E-state index contributed by atoms with van der Waals surface area (Å²) < 4.78 is 9.26. The van der Waals surface area contributed by atoms with E-state index >= 15 is 0 Å². The summed E-state index contributed by atoms with van der Waals surface area (Å²) in [5, 5.41) is 0. The average Bonchev–Trinajstić information content (AvgIpc) is 2.80. The lowest BCUT2D eigenvalue weighted by molar-refractivity contribution is -0.653. The quantitative estimate of drug-likeness (QED) is 0.454. The lowest BCUT2D eigenvalue weighted by Crippen LogP contribution is -2.51. The van der Waals surface area contributed by atoms with Crippen molar-refractivity contribution in [3.63, 3.8) is 0 Å². The fourth-order valence-corrected chi connectivity index (χ4v) is 2.55. The van der Waals surface area contributed by atoms with Crippen LogP contribution in [0.5, 0.6) is 0 Å². The molecule has 2 radical (unpaired) electrons. The first-order chi connectivity index (χ1) is 10.5. The van der Waals surface area contributed by atoms with Gasteiger partial charge in [0.05, 0.1) is 20.7 Å². The van der Waals surface area contributed by atoms with Crippen molar-refractivity contribution in [2.24, 2.45) is 14.1 Å². The van der Waals surface area contributed by atoms with Crippen LogP contribution in [0, 0.1) is 6.92 Å². The summed E-state index contributed by atoms with van der Waals surface area (Å²) in [7, 11) is 5.94. The number of carbonyl (C=O) groups excluding carboxylic acids is 1. The molecule has 0 saturated carbocycles. The standard InChI is InChI=1S/C17H23BN2O2/c1-5-22-16(21)15(12-14-9-7-6-8-13(14)2)18-17-19(3)10-11-20(17)4/h6-11,15H,5,12H2,1-4H3. The molecule has 0 aliphatic heterocycles. The normalized spacial score (nSPS) is 12.2. The van der Waals surface area contributed by atoms with Crippen LogP contribution in [0.1, 0.15) is 18.1 Å². The van der Waals surface area contributed by atoms with E-state index < -0.39 is 0 Å². The molecule has 1 aromatic heterocycles. The van der Waals surface area contributed by atoms with Crippen LogP contribution in [-0.2, 0) is 30.0 Å². The number of imidazole rings is 1. The molecule has 1 atom stereocenters. The van der Waals surface area contributed by atoms with E-state index in [1.807, 2.05) is 62.0 Å². The van der Waals surface area contributed by atoms with Gasteiger partial charge in [-0.3, -0.25) is 13.9 Å². The van der Waals surface area contributed by atoms with Gasteiger partial charge in [0.15, 0.2) is 0 Å². The minimum atomic E-state index is -0.291. The molecule has 0 aliphatic carbocycles. The zero-order chi connectivity index (χ0) is 16.1. The Balaban J connectivity index is 2.23. The van der Waals surface area contributed by atoms with E-state index in [0.29, 0.717) is 13.0 Å². The van der Waals surface area contributed by atoms with Crippen LogP contribution in [0.3, 0.4) is 0 Å². The summed E-state index contributed by atoms with van der Waals surface area (Å²) in [4.78, 5) is 12.3. The fraction of sp³-hybridized carbons (Fsp3) is 0.412. The Morgan fingerprint density at radius 1 is 1.41 bits per heavy atom. The maximum atomic E-state index is 12.3. The monoisotopic (exact) mass is 298 g/mol. The van der Waals surface area contributed by atoms with Gasteiger partial charge >= 0.3 is 0 Å². The van der Waals surface area contributed by atoms with Gasteiger partial charge in [0, 0.05) is 5.72 Å². The zero-order valence-corrected chi connectivity index (χ0v) is 13.7. The lowest BCUT2D eigenvalue weighted by Gasteiger charge is -2.25. The van der Waals surface area contributed by atoms with Crippen LogP contribution >= 0.6 is 0 Å². The van der Waals surface area contributed by atoms with Crippen LogP contribution in [0.2, 0.25) is 5.82 Å². The minimum absolute atomic E-state index is 0.174. The molecule has 1 aromatic carbocycles. The smallest absolute Gasteiger partial charge is 0.268 e. The number of aryl methyl sites for hydroxylation is 3. The molecule has 2 aromatic rings. The zero-order valence-electron chi connectivity index (χ0n) is 13.7. The van der Waals surface area contributed by atoms with E-state index in [-0.39, 0.29) is 11.8 Å². The topological polar surface area (TPSA) is 35.1 Å².